The maximum atomic E-state index is 4.28. The van der Waals surface area contributed by atoms with Gasteiger partial charge in [0.15, 0.2) is 0 Å². The molecule has 0 aliphatic heterocycles. The normalized spacial score (nSPS) is 12.3. The standard InChI is InChI=1S/C16H21N3S/c1-3-9-18-15(4-2)13-5-7-14(8-6-13)20-16-12-17-10-11-19-16/h5-8,10-12,15,18H,3-4,9H2,1-2H3. The van der Waals surface area contributed by atoms with Gasteiger partial charge in [-0.1, -0.05) is 37.7 Å². The summed E-state index contributed by atoms with van der Waals surface area (Å²) in [5.74, 6) is 0. The first-order valence-electron chi connectivity index (χ1n) is 7.10. The van der Waals surface area contributed by atoms with E-state index in [0.717, 1.165) is 24.4 Å². The van der Waals surface area contributed by atoms with Gasteiger partial charge in [0.2, 0.25) is 0 Å². The van der Waals surface area contributed by atoms with Crippen molar-refractivity contribution in [3.05, 3.63) is 48.4 Å². The van der Waals surface area contributed by atoms with Crippen molar-refractivity contribution in [2.75, 3.05) is 6.54 Å². The van der Waals surface area contributed by atoms with Crippen molar-refractivity contribution < 1.29 is 0 Å². The Labute approximate surface area is 125 Å². The highest BCUT2D eigenvalue weighted by atomic mass is 32.2. The van der Waals surface area contributed by atoms with Gasteiger partial charge in [-0.15, -0.1) is 0 Å². The average molecular weight is 287 g/mol. The highest BCUT2D eigenvalue weighted by Crippen LogP contribution is 2.27. The molecule has 20 heavy (non-hydrogen) atoms. The summed E-state index contributed by atoms with van der Waals surface area (Å²) in [6.45, 7) is 5.48. The summed E-state index contributed by atoms with van der Waals surface area (Å²) >= 11 is 1.64. The van der Waals surface area contributed by atoms with Gasteiger partial charge in [0, 0.05) is 23.3 Å². The molecule has 0 bridgehead atoms. The zero-order valence-electron chi connectivity index (χ0n) is 12.0. The van der Waals surface area contributed by atoms with E-state index in [2.05, 4.69) is 53.4 Å². The smallest absolute Gasteiger partial charge is 0.119 e. The molecule has 0 fully saturated rings. The van der Waals surface area contributed by atoms with Gasteiger partial charge >= 0.3 is 0 Å². The van der Waals surface area contributed by atoms with Gasteiger partial charge in [-0.3, -0.25) is 4.98 Å². The van der Waals surface area contributed by atoms with Crippen molar-refractivity contribution in [3.63, 3.8) is 0 Å². The van der Waals surface area contributed by atoms with Gasteiger partial charge in [-0.2, -0.15) is 0 Å². The summed E-state index contributed by atoms with van der Waals surface area (Å²) in [7, 11) is 0. The number of hydrogen-bond donors (Lipinski definition) is 1. The second-order valence-corrected chi connectivity index (χ2v) is 5.72. The molecule has 4 heteroatoms. The maximum absolute atomic E-state index is 4.28. The monoisotopic (exact) mass is 287 g/mol. The summed E-state index contributed by atoms with van der Waals surface area (Å²) in [6, 6.07) is 9.17. The van der Waals surface area contributed by atoms with Gasteiger partial charge < -0.3 is 5.32 Å². The van der Waals surface area contributed by atoms with E-state index in [0.29, 0.717) is 6.04 Å². The molecule has 0 amide bonds. The Morgan fingerprint density at radius 1 is 1.15 bits per heavy atom. The van der Waals surface area contributed by atoms with Crippen LogP contribution in [0.5, 0.6) is 0 Å². The number of aromatic nitrogens is 2. The Morgan fingerprint density at radius 2 is 1.95 bits per heavy atom. The fourth-order valence-corrected chi connectivity index (χ4v) is 2.78. The van der Waals surface area contributed by atoms with Gasteiger partial charge in [0.1, 0.15) is 5.03 Å². The van der Waals surface area contributed by atoms with E-state index >= 15 is 0 Å². The van der Waals surface area contributed by atoms with Crippen LogP contribution in [0, 0.1) is 0 Å². The molecule has 2 aromatic rings. The minimum Gasteiger partial charge on any atom is -0.310 e. The quantitative estimate of drug-likeness (QED) is 0.832. The molecular formula is C16H21N3S. The van der Waals surface area contributed by atoms with Crippen molar-refractivity contribution in [2.24, 2.45) is 0 Å². The molecule has 106 valence electrons. The molecule has 1 aromatic heterocycles. The number of hydrogen-bond acceptors (Lipinski definition) is 4. The van der Waals surface area contributed by atoms with Crippen LogP contribution in [-0.2, 0) is 0 Å². The minimum absolute atomic E-state index is 0.450. The molecule has 0 saturated carbocycles. The molecular weight excluding hydrogens is 266 g/mol. The Balaban J connectivity index is 2.02. The van der Waals surface area contributed by atoms with E-state index < -0.39 is 0 Å². The summed E-state index contributed by atoms with van der Waals surface area (Å²) in [5, 5.41) is 4.50. The third-order valence-electron chi connectivity index (χ3n) is 3.09. The lowest BCUT2D eigenvalue weighted by atomic mass is 10.0. The first-order valence-corrected chi connectivity index (χ1v) is 7.92. The van der Waals surface area contributed by atoms with Crippen LogP contribution < -0.4 is 5.32 Å². The van der Waals surface area contributed by atoms with Crippen LogP contribution in [0.4, 0.5) is 0 Å². The molecule has 0 saturated heterocycles. The first-order chi connectivity index (χ1) is 9.83. The summed E-state index contributed by atoms with van der Waals surface area (Å²) < 4.78 is 0. The molecule has 1 N–H and O–H groups in total. The number of nitrogens with zero attached hydrogens (tertiary/aromatic N) is 2. The van der Waals surface area contributed by atoms with Crippen LogP contribution in [0.1, 0.15) is 38.3 Å². The molecule has 1 aromatic carbocycles. The predicted octanol–water partition coefficient (Wildman–Crippen LogP) is 4.08. The SMILES string of the molecule is CCCNC(CC)c1ccc(Sc2cnccn2)cc1. The van der Waals surface area contributed by atoms with Gasteiger partial charge in [0.05, 0.1) is 6.20 Å². The Kier molecular flexibility index (Phi) is 6.02. The number of nitrogens with one attached hydrogen (secondary N) is 1. The molecule has 1 unspecified atom stereocenters. The fourth-order valence-electron chi connectivity index (χ4n) is 2.04. The molecule has 0 aliphatic rings. The number of rotatable bonds is 7. The van der Waals surface area contributed by atoms with Crippen molar-refractivity contribution in [2.45, 2.75) is 42.7 Å². The maximum Gasteiger partial charge on any atom is 0.119 e. The highest BCUT2D eigenvalue weighted by molar-refractivity contribution is 7.99. The lowest BCUT2D eigenvalue weighted by molar-refractivity contribution is 0.518. The number of benzene rings is 1. The fraction of sp³-hybridized carbons (Fsp3) is 0.375. The van der Waals surface area contributed by atoms with E-state index in [9.17, 15) is 0 Å². The second-order valence-electron chi connectivity index (χ2n) is 4.63. The molecule has 0 aliphatic carbocycles. The third-order valence-corrected chi connectivity index (χ3v) is 4.02. The largest absolute Gasteiger partial charge is 0.310 e. The lowest BCUT2D eigenvalue weighted by Gasteiger charge is -2.17. The van der Waals surface area contributed by atoms with Crippen LogP contribution in [0.3, 0.4) is 0 Å². The zero-order chi connectivity index (χ0) is 14.2. The predicted molar refractivity (Wildman–Crippen MR) is 83.9 cm³/mol. The van der Waals surface area contributed by atoms with E-state index in [1.54, 1.807) is 30.4 Å². The summed E-state index contributed by atoms with van der Waals surface area (Å²) in [6.07, 6.45) is 7.47. The van der Waals surface area contributed by atoms with Gasteiger partial charge in [-0.05, 0) is 37.1 Å². The van der Waals surface area contributed by atoms with Crippen LogP contribution in [0.15, 0.2) is 52.8 Å². The van der Waals surface area contributed by atoms with Crippen LogP contribution in [0.25, 0.3) is 0 Å². The molecule has 0 spiro atoms. The first kappa shape index (κ1) is 15.0. The van der Waals surface area contributed by atoms with E-state index in [1.807, 2.05) is 0 Å². The molecule has 0 radical (unpaired) electrons. The third kappa shape index (κ3) is 4.32. The van der Waals surface area contributed by atoms with E-state index in [1.165, 1.54) is 10.5 Å². The molecule has 1 atom stereocenters. The molecule has 3 nitrogen and oxygen atoms in total. The van der Waals surface area contributed by atoms with Crippen LogP contribution >= 0.6 is 11.8 Å². The van der Waals surface area contributed by atoms with Crippen molar-refractivity contribution in [1.29, 1.82) is 0 Å². The van der Waals surface area contributed by atoms with E-state index in [4.69, 9.17) is 0 Å². The average Bonchev–Trinajstić information content (AvgIpc) is 2.50. The zero-order valence-corrected chi connectivity index (χ0v) is 12.9. The van der Waals surface area contributed by atoms with E-state index in [-0.39, 0.29) is 0 Å². The highest BCUT2D eigenvalue weighted by Gasteiger charge is 2.08. The minimum atomic E-state index is 0.450. The lowest BCUT2D eigenvalue weighted by Crippen LogP contribution is -2.21. The second kappa shape index (κ2) is 8.02. The van der Waals surface area contributed by atoms with Crippen LogP contribution in [-0.4, -0.2) is 16.5 Å². The van der Waals surface area contributed by atoms with Crippen molar-refractivity contribution in [3.8, 4) is 0 Å². The van der Waals surface area contributed by atoms with Crippen molar-refractivity contribution >= 4 is 11.8 Å². The van der Waals surface area contributed by atoms with Gasteiger partial charge in [-0.25, -0.2) is 4.98 Å². The summed E-state index contributed by atoms with van der Waals surface area (Å²) in [4.78, 5) is 9.55. The summed E-state index contributed by atoms with van der Waals surface area (Å²) in [5.41, 5.74) is 1.35. The topological polar surface area (TPSA) is 37.8 Å². The van der Waals surface area contributed by atoms with Crippen LogP contribution in [0.2, 0.25) is 0 Å². The Morgan fingerprint density at radius 3 is 2.55 bits per heavy atom. The molecule has 2 rings (SSSR count). The Hall–Kier alpha value is -1.39. The molecule has 1 heterocycles. The van der Waals surface area contributed by atoms with Gasteiger partial charge in [0.25, 0.3) is 0 Å². The Bertz CT molecular complexity index is 499. The van der Waals surface area contributed by atoms with Crippen molar-refractivity contribution in [1.82, 2.24) is 15.3 Å².